The van der Waals surface area contributed by atoms with Gasteiger partial charge in [-0.25, -0.2) is 18.7 Å². The molecular formula is C34H28F2N4O2. The highest BCUT2D eigenvalue weighted by molar-refractivity contribution is 5.76. The van der Waals surface area contributed by atoms with Crippen LogP contribution in [0.5, 0.6) is 5.88 Å². The van der Waals surface area contributed by atoms with E-state index in [1.807, 2.05) is 30.3 Å². The van der Waals surface area contributed by atoms with Gasteiger partial charge in [0, 0.05) is 23.6 Å². The predicted molar refractivity (Wildman–Crippen MR) is 154 cm³/mol. The standard InChI is InChI=1S/C34H28F2N4O2/c35-27-16-22(19-37)8-9-25(27)20-41-33-7-3-5-29(39-33)24-11-10-23(28(36)17-24)18-32-38-30-4-1-2-6-31(30)40(32)21-34-14-12-26(42-34)13-15-34/h1-11,16-17,26H,12-15,18,20-21H2. The van der Waals surface area contributed by atoms with Crippen molar-refractivity contribution in [3.8, 4) is 23.2 Å². The highest BCUT2D eigenvalue weighted by Crippen LogP contribution is 2.45. The summed E-state index contributed by atoms with van der Waals surface area (Å²) in [6.45, 7) is 0.678. The van der Waals surface area contributed by atoms with Crippen LogP contribution in [0.25, 0.3) is 22.3 Å². The molecule has 0 unspecified atom stereocenters. The maximum atomic E-state index is 15.6. The Labute approximate surface area is 242 Å². The van der Waals surface area contributed by atoms with Gasteiger partial charge in [0.15, 0.2) is 0 Å². The van der Waals surface area contributed by atoms with Crippen LogP contribution >= 0.6 is 0 Å². The fraction of sp³-hybridized carbons (Fsp3) is 0.265. The molecule has 5 aromatic rings. The van der Waals surface area contributed by atoms with E-state index in [-0.39, 0.29) is 29.5 Å². The summed E-state index contributed by atoms with van der Waals surface area (Å²) in [6, 6.07) is 24.5. The van der Waals surface area contributed by atoms with E-state index in [1.54, 1.807) is 24.3 Å². The monoisotopic (exact) mass is 562 g/mol. The zero-order valence-corrected chi connectivity index (χ0v) is 22.9. The lowest BCUT2D eigenvalue weighted by molar-refractivity contribution is 0.000840. The van der Waals surface area contributed by atoms with Crippen molar-refractivity contribution in [2.75, 3.05) is 0 Å². The smallest absolute Gasteiger partial charge is 0.214 e. The fourth-order valence-electron chi connectivity index (χ4n) is 6.19. The lowest BCUT2D eigenvalue weighted by Crippen LogP contribution is -2.31. The minimum atomic E-state index is -0.515. The van der Waals surface area contributed by atoms with Gasteiger partial charge >= 0.3 is 0 Å². The molecule has 6 nitrogen and oxygen atoms in total. The second-order valence-corrected chi connectivity index (χ2v) is 11.2. The third-order valence-corrected chi connectivity index (χ3v) is 8.42. The van der Waals surface area contributed by atoms with E-state index < -0.39 is 5.82 Å². The number of para-hydroxylation sites is 2. The summed E-state index contributed by atoms with van der Waals surface area (Å²) in [7, 11) is 0. The van der Waals surface area contributed by atoms with Gasteiger partial charge in [0.2, 0.25) is 5.88 Å². The zero-order chi connectivity index (χ0) is 28.7. The summed E-state index contributed by atoms with van der Waals surface area (Å²) in [5.74, 6) is 0.256. The Balaban J connectivity index is 1.11. The Morgan fingerprint density at radius 2 is 1.74 bits per heavy atom. The minimum Gasteiger partial charge on any atom is -0.473 e. The Hall–Kier alpha value is -4.61. The number of aromatic nitrogens is 3. The predicted octanol–water partition coefficient (Wildman–Crippen LogP) is 7.13. The second-order valence-electron chi connectivity index (χ2n) is 11.2. The molecule has 2 saturated heterocycles. The number of fused-ring (bicyclic) bond motifs is 3. The van der Waals surface area contributed by atoms with Crippen molar-refractivity contribution in [2.45, 2.75) is 57.0 Å². The summed E-state index contributed by atoms with van der Waals surface area (Å²) in [5.41, 5.74) is 4.04. The molecule has 2 aliphatic rings. The number of hydrogen-bond acceptors (Lipinski definition) is 5. The van der Waals surface area contributed by atoms with Gasteiger partial charge in [0.1, 0.15) is 24.1 Å². The van der Waals surface area contributed by atoms with Crippen molar-refractivity contribution in [3.05, 3.63) is 113 Å². The maximum absolute atomic E-state index is 15.6. The number of pyridine rings is 1. The fourth-order valence-corrected chi connectivity index (χ4v) is 6.19. The molecule has 0 amide bonds. The van der Waals surface area contributed by atoms with Crippen LogP contribution in [0.15, 0.2) is 78.9 Å². The van der Waals surface area contributed by atoms with Crippen LogP contribution in [0.3, 0.4) is 0 Å². The molecule has 2 bridgehead atoms. The van der Waals surface area contributed by atoms with Gasteiger partial charge in [-0.2, -0.15) is 5.26 Å². The average molecular weight is 563 g/mol. The SMILES string of the molecule is N#Cc1ccc(COc2cccc(-c3ccc(Cc4nc5ccccc5n4CC45CCC(CC4)O5)c(F)c3)n2)c(F)c1. The first kappa shape index (κ1) is 26.3. The first-order valence-electron chi connectivity index (χ1n) is 14.2. The number of imidazole rings is 1. The quantitative estimate of drug-likeness (QED) is 0.201. The molecule has 2 fully saturated rings. The molecule has 0 N–H and O–H groups in total. The summed E-state index contributed by atoms with van der Waals surface area (Å²) in [4.78, 5) is 9.40. The number of rotatable bonds is 8. The molecular weight excluding hydrogens is 534 g/mol. The summed E-state index contributed by atoms with van der Waals surface area (Å²) >= 11 is 0. The van der Waals surface area contributed by atoms with E-state index >= 15 is 4.39 Å². The first-order valence-corrected chi connectivity index (χ1v) is 14.2. The van der Waals surface area contributed by atoms with E-state index in [2.05, 4.69) is 15.6 Å². The molecule has 3 aromatic carbocycles. The van der Waals surface area contributed by atoms with Gasteiger partial charge in [-0.15, -0.1) is 0 Å². The van der Waals surface area contributed by atoms with Gasteiger partial charge in [-0.3, -0.25) is 0 Å². The number of hydrogen-bond donors (Lipinski definition) is 0. The molecule has 4 heterocycles. The highest BCUT2D eigenvalue weighted by atomic mass is 19.1. The van der Waals surface area contributed by atoms with E-state index in [4.69, 9.17) is 19.7 Å². The Morgan fingerprint density at radius 1 is 0.929 bits per heavy atom. The highest BCUT2D eigenvalue weighted by Gasteiger charge is 2.46. The van der Waals surface area contributed by atoms with E-state index in [0.717, 1.165) is 49.1 Å². The zero-order valence-electron chi connectivity index (χ0n) is 22.9. The van der Waals surface area contributed by atoms with Crippen molar-refractivity contribution >= 4 is 11.0 Å². The van der Waals surface area contributed by atoms with Crippen LogP contribution in [0.2, 0.25) is 0 Å². The van der Waals surface area contributed by atoms with Gasteiger partial charge in [-0.05, 0) is 67.6 Å². The van der Waals surface area contributed by atoms with Crippen LogP contribution in [-0.4, -0.2) is 26.2 Å². The summed E-state index contributed by atoms with van der Waals surface area (Å²) < 4.78 is 44.1. The number of nitriles is 1. The number of nitrogens with zero attached hydrogens (tertiary/aromatic N) is 4. The van der Waals surface area contributed by atoms with Crippen molar-refractivity contribution in [3.63, 3.8) is 0 Å². The van der Waals surface area contributed by atoms with Crippen LogP contribution in [0.1, 0.15) is 48.2 Å². The third-order valence-electron chi connectivity index (χ3n) is 8.42. The first-order chi connectivity index (χ1) is 20.5. The molecule has 0 spiro atoms. The molecule has 2 aliphatic heterocycles. The van der Waals surface area contributed by atoms with Gasteiger partial charge < -0.3 is 14.0 Å². The van der Waals surface area contributed by atoms with Crippen LogP contribution in [0.4, 0.5) is 8.78 Å². The lowest BCUT2D eigenvalue weighted by Gasteiger charge is -2.26. The van der Waals surface area contributed by atoms with Gasteiger partial charge in [0.25, 0.3) is 0 Å². The Bertz CT molecular complexity index is 1840. The number of ether oxygens (including phenoxy) is 2. The van der Waals surface area contributed by atoms with Crippen molar-refractivity contribution in [1.29, 1.82) is 5.26 Å². The number of halogens is 2. The van der Waals surface area contributed by atoms with Crippen molar-refractivity contribution < 1.29 is 18.3 Å². The molecule has 0 atom stereocenters. The van der Waals surface area contributed by atoms with E-state index in [1.165, 1.54) is 24.3 Å². The maximum Gasteiger partial charge on any atom is 0.214 e. The van der Waals surface area contributed by atoms with Gasteiger partial charge in [-0.1, -0.05) is 36.4 Å². The molecule has 210 valence electrons. The largest absolute Gasteiger partial charge is 0.473 e. The topological polar surface area (TPSA) is 73.0 Å². The molecule has 0 radical (unpaired) electrons. The average Bonchev–Trinajstić information content (AvgIpc) is 3.71. The van der Waals surface area contributed by atoms with E-state index in [9.17, 15) is 4.39 Å². The summed E-state index contributed by atoms with van der Waals surface area (Å²) in [5, 5.41) is 8.93. The molecule has 2 aromatic heterocycles. The Kier molecular flexibility index (Phi) is 6.67. The molecule has 0 saturated carbocycles. The minimum absolute atomic E-state index is 0.0464. The normalized spacial score (nSPS) is 19.3. The lowest BCUT2D eigenvalue weighted by atomic mass is 9.88. The van der Waals surface area contributed by atoms with E-state index in [0.29, 0.717) is 34.9 Å². The van der Waals surface area contributed by atoms with Gasteiger partial charge in [0.05, 0.1) is 46.6 Å². The van der Waals surface area contributed by atoms with Crippen molar-refractivity contribution in [1.82, 2.24) is 14.5 Å². The van der Waals surface area contributed by atoms with Crippen LogP contribution in [-0.2, 0) is 24.3 Å². The molecule has 8 heteroatoms. The summed E-state index contributed by atoms with van der Waals surface area (Å²) in [6.07, 6.45) is 5.01. The van der Waals surface area contributed by atoms with Crippen molar-refractivity contribution in [2.24, 2.45) is 0 Å². The molecule has 42 heavy (non-hydrogen) atoms. The Morgan fingerprint density at radius 3 is 2.50 bits per heavy atom. The third kappa shape index (κ3) is 5.01. The van der Waals surface area contributed by atoms with Crippen LogP contribution < -0.4 is 4.74 Å². The van der Waals surface area contributed by atoms with Crippen LogP contribution in [0, 0.1) is 23.0 Å². The second kappa shape index (κ2) is 10.7. The molecule has 0 aliphatic carbocycles. The molecule has 7 rings (SSSR count). The number of benzene rings is 3.